The molecule has 3 aromatic rings. The van der Waals surface area contributed by atoms with E-state index < -0.39 is 24.0 Å². The van der Waals surface area contributed by atoms with E-state index in [1.54, 1.807) is 33.1 Å². The fourth-order valence-corrected chi connectivity index (χ4v) is 5.88. The molecule has 2 aromatic carbocycles. The number of aryl methyl sites for hydroxylation is 2. The zero-order chi connectivity index (χ0) is 31.4. The van der Waals surface area contributed by atoms with Crippen molar-refractivity contribution in [2.75, 3.05) is 39.1 Å². The zero-order valence-electron chi connectivity index (χ0n) is 25.0. The van der Waals surface area contributed by atoms with Crippen molar-refractivity contribution in [1.29, 1.82) is 0 Å². The summed E-state index contributed by atoms with van der Waals surface area (Å²) < 4.78 is 21.7. The van der Waals surface area contributed by atoms with E-state index in [1.165, 1.54) is 34.3 Å². The van der Waals surface area contributed by atoms with Gasteiger partial charge in [0.2, 0.25) is 23.0 Å². The van der Waals surface area contributed by atoms with Crippen molar-refractivity contribution < 1.29 is 33.3 Å². The van der Waals surface area contributed by atoms with Crippen LogP contribution >= 0.6 is 11.3 Å². The molecule has 0 saturated carbocycles. The topological polar surface area (TPSA) is 154 Å². The molecule has 1 aliphatic rings. The molecule has 228 valence electrons. The second-order valence-electron chi connectivity index (χ2n) is 9.87. The van der Waals surface area contributed by atoms with E-state index in [4.69, 9.17) is 18.9 Å². The van der Waals surface area contributed by atoms with E-state index in [0.717, 1.165) is 22.5 Å². The highest BCUT2D eigenvalue weighted by Crippen LogP contribution is 2.50. The summed E-state index contributed by atoms with van der Waals surface area (Å²) in [5.74, 6) is 0.0427. The molecule has 0 fully saturated rings. The molecule has 3 N–H and O–H groups in total. The van der Waals surface area contributed by atoms with Gasteiger partial charge in [0.15, 0.2) is 22.3 Å². The summed E-state index contributed by atoms with van der Waals surface area (Å²) in [7, 11) is 5.84. The lowest BCUT2D eigenvalue weighted by atomic mass is 9.95. The fourth-order valence-electron chi connectivity index (χ4n) is 5.08. The molecule has 43 heavy (non-hydrogen) atoms. The van der Waals surface area contributed by atoms with Gasteiger partial charge in [-0.2, -0.15) is 0 Å². The predicted molar refractivity (Wildman–Crippen MR) is 163 cm³/mol. The molecule has 0 spiro atoms. The van der Waals surface area contributed by atoms with Crippen molar-refractivity contribution >= 4 is 39.9 Å². The Morgan fingerprint density at radius 3 is 2.40 bits per heavy atom. The van der Waals surface area contributed by atoms with Gasteiger partial charge in [-0.25, -0.2) is 9.78 Å². The molecular weight excluding hydrogens is 576 g/mol. The van der Waals surface area contributed by atoms with Crippen molar-refractivity contribution in [3.63, 3.8) is 0 Å². The highest BCUT2D eigenvalue weighted by molar-refractivity contribution is 7.16. The number of fused-ring (bicyclic) bond motifs is 3. The van der Waals surface area contributed by atoms with E-state index in [-0.39, 0.29) is 27.8 Å². The van der Waals surface area contributed by atoms with Crippen molar-refractivity contribution in [3.8, 4) is 28.4 Å². The normalized spacial score (nSPS) is 14.3. The molecule has 12 nitrogen and oxygen atoms in total. The number of amides is 2. The first kappa shape index (κ1) is 31.3. The Morgan fingerprint density at radius 1 is 1.05 bits per heavy atom. The van der Waals surface area contributed by atoms with Crippen LogP contribution in [0.15, 0.2) is 29.1 Å². The molecular formula is C30H34N4O8S. The summed E-state index contributed by atoms with van der Waals surface area (Å²) in [5.41, 5.74) is 2.80. The highest BCUT2D eigenvalue weighted by atomic mass is 32.1. The Labute approximate surface area is 252 Å². The van der Waals surface area contributed by atoms with Gasteiger partial charge in [-0.05, 0) is 61.6 Å². The van der Waals surface area contributed by atoms with Crippen LogP contribution in [0.4, 0.5) is 10.8 Å². The number of rotatable bonds is 9. The number of ether oxygens (including phenoxy) is 4. The standard InChI is InChI=1S/C30H34N4O8S/c1-14(28(37)34-30-33-25(15(2)43-30)29(38)42-7)31-21-11-9-18-19(13-22(21)36)20(32-16(3)35)10-8-17-12-23(39-4)26(40-5)27(41-6)24(17)18/h9,11-14,20H,8,10H2,1-7H3,(H,31,36)(H,32,35)(H,33,34,37)/t14-,20+/m1/s1. The van der Waals surface area contributed by atoms with Crippen LogP contribution in [0.1, 0.15) is 52.8 Å². The second-order valence-corrected chi connectivity index (χ2v) is 11.1. The molecule has 0 saturated heterocycles. The largest absolute Gasteiger partial charge is 0.493 e. The number of nitrogens with zero attached hydrogens (tertiary/aromatic N) is 1. The number of carbonyl (C=O) groups excluding carboxylic acids is 3. The monoisotopic (exact) mass is 610 g/mol. The van der Waals surface area contributed by atoms with E-state index in [1.807, 2.05) is 6.07 Å². The summed E-state index contributed by atoms with van der Waals surface area (Å²) >= 11 is 1.14. The average Bonchev–Trinajstić information content (AvgIpc) is 3.19. The average molecular weight is 611 g/mol. The van der Waals surface area contributed by atoms with Gasteiger partial charge in [0.05, 0.1) is 40.2 Å². The number of methoxy groups -OCH3 is 4. The SMILES string of the molecule is COC(=O)c1nc(NC(=O)[C@@H](C)Nc2ccc3c(cc2=O)[C@@H](NC(C)=O)CCc2cc(OC)c(OC)c(OC)c2-3)sc1C. The minimum Gasteiger partial charge on any atom is -0.493 e. The summed E-state index contributed by atoms with van der Waals surface area (Å²) in [6.07, 6.45) is 1.09. The Bertz CT molecular complexity index is 1640. The summed E-state index contributed by atoms with van der Waals surface area (Å²) in [4.78, 5) is 55.4. The second kappa shape index (κ2) is 13.1. The van der Waals surface area contributed by atoms with Crippen LogP contribution in [-0.2, 0) is 20.7 Å². The van der Waals surface area contributed by atoms with Crippen LogP contribution in [0.5, 0.6) is 17.2 Å². The van der Waals surface area contributed by atoms with Crippen LogP contribution in [-0.4, -0.2) is 57.2 Å². The third kappa shape index (κ3) is 6.41. The first-order valence-corrected chi connectivity index (χ1v) is 14.2. The lowest BCUT2D eigenvalue weighted by molar-refractivity contribution is -0.119. The van der Waals surface area contributed by atoms with Crippen molar-refractivity contribution in [1.82, 2.24) is 10.3 Å². The summed E-state index contributed by atoms with van der Waals surface area (Å²) in [6.45, 7) is 4.73. The summed E-state index contributed by atoms with van der Waals surface area (Å²) in [6, 6.07) is 5.40. The third-order valence-electron chi connectivity index (χ3n) is 7.09. The number of anilines is 2. The van der Waals surface area contributed by atoms with Gasteiger partial charge in [0.1, 0.15) is 6.04 Å². The van der Waals surface area contributed by atoms with Crippen LogP contribution in [0.2, 0.25) is 0 Å². The Balaban J connectivity index is 1.75. The van der Waals surface area contributed by atoms with Gasteiger partial charge in [0.25, 0.3) is 0 Å². The number of esters is 1. The van der Waals surface area contributed by atoms with E-state index in [9.17, 15) is 19.2 Å². The molecule has 4 rings (SSSR count). The molecule has 0 bridgehead atoms. The van der Waals surface area contributed by atoms with Crippen LogP contribution in [0, 0.1) is 6.92 Å². The number of aromatic nitrogens is 1. The molecule has 0 aliphatic heterocycles. The maximum absolute atomic E-state index is 13.6. The van der Waals surface area contributed by atoms with Crippen molar-refractivity contribution in [2.45, 2.75) is 45.7 Å². The van der Waals surface area contributed by atoms with Crippen molar-refractivity contribution in [3.05, 3.63) is 56.2 Å². The minimum absolute atomic E-state index is 0.125. The van der Waals surface area contributed by atoms with Crippen LogP contribution in [0.25, 0.3) is 11.1 Å². The zero-order valence-corrected chi connectivity index (χ0v) is 25.8. The number of nitrogens with one attached hydrogen (secondary N) is 3. The first-order chi connectivity index (χ1) is 20.5. The van der Waals surface area contributed by atoms with E-state index in [2.05, 4.69) is 20.9 Å². The molecule has 1 heterocycles. The quantitative estimate of drug-likeness (QED) is 0.304. The van der Waals surface area contributed by atoms with Gasteiger partial charge >= 0.3 is 5.97 Å². The smallest absolute Gasteiger partial charge is 0.357 e. The maximum Gasteiger partial charge on any atom is 0.357 e. The Morgan fingerprint density at radius 2 is 1.77 bits per heavy atom. The van der Waals surface area contributed by atoms with Gasteiger partial charge in [-0.3, -0.25) is 14.4 Å². The van der Waals surface area contributed by atoms with E-state index >= 15 is 0 Å². The lowest BCUT2D eigenvalue weighted by Crippen LogP contribution is -2.33. The fraction of sp³-hybridized carbons (Fsp3) is 0.367. The van der Waals surface area contributed by atoms with E-state index in [0.29, 0.717) is 46.1 Å². The van der Waals surface area contributed by atoms with Gasteiger partial charge in [-0.15, -0.1) is 11.3 Å². The van der Waals surface area contributed by atoms with Gasteiger partial charge in [-0.1, -0.05) is 6.07 Å². The molecule has 0 radical (unpaired) electrons. The van der Waals surface area contributed by atoms with Gasteiger partial charge in [0, 0.05) is 17.4 Å². The Kier molecular flexibility index (Phi) is 9.54. The Hall–Kier alpha value is -4.65. The van der Waals surface area contributed by atoms with Crippen molar-refractivity contribution in [2.24, 2.45) is 0 Å². The summed E-state index contributed by atoms with van der Waals surface area (Å²) in [5, 5.41) is 8.87. The lowest BCUT2D eigenvalue weighted by Gasteiger charge is -2.19. The number of hydrogen-bond acceptors (Lipinski definition) is 11. The molecule has 2 amide bonds. The first-order valence-electron chi connectivity index (χ1n) is 13.4. The molecule has 1 aromatic heterocycles. The van der Waals surface area contributed by atoms with Crippen LogP contribution in [0.3, 0.4) is 0 Å². The molecule has 0 unspecified atom stereocenters. The molecule has 13 heteroatoms. The predicted octanol–water partition coefficient (Wildman–Crippen LogP) is 3.85. The number of carbonyl (C=O) groups is 3. The highest BCUT2D eigenvalue weighted by Gasteiger charge is 2.30. The number of hydrogen-bond donors (Lipinski definition) is 3. The molecule has 2 atom stereocenters. The number of benzene rings is 1. The molecule has 1 aliphatic carbocycles. The number of thiazole rings is 1. The maximum atomic E-state index is 13.6. The van der Waals surface area contributed by atoms with Gasteiger partial charge < -0.3 is 34.9 Å². The minimum atomic E-state index is -0.849. The third-order valence-corrected chi connectivity index (χ3v) is 7.97. The van der Waals surface area contributed by atoms with Crippen LogP contribution < -0.4 is 35.6 Å².